The number of hydrogen-bond acceptors (Lipinski definition) is 2. The molecule has 1 aromatic carbocycles. The van der Waals surface area contributed by atoms with Crippen molar-refractivity contribution in [1.82, 2.24) is 4.90 Å². The zero-order valence-corrected chi connectivity index (χ0v) is 15.2. The van der Waals surface area contributed by atoms with Gasteiger partial charge in [-0.3, -0.25) is 9.59 Å². The number of benzene rings is 1. The van der Waals surface area contributed by atoms with E-state index in [0.717, 1.165) is 32.6 Å². The van der Waals surface area contributed by atoms with Gasteiger partial charge in [0.2, 0.25) is 5.91 Å². The first-order chi connectivity index (χ1) is 11.5. The molecule has 0 spiro atoms. The molecule has 5 nitrogen and oxygen atoms in total. The SMILES string of the molecule is CC(C)CCC(=O)N1CC[NH+](CC(=O)Nc2ccccc2Cl)CC1. The highest BCUT2D eigenvalue weighted by molar-refractivity contribution is 6.33. The quantitative estimate of drug-likeness (QED) is 0.814. The van der Waals surface area contributed by atoms with Gasteiger partial charge in [0.05, 0.1) is 36.9 Å². The van der Waals surface area contributed by atoms with E-state index < -0.39 is 0 Å². The van der Waals surface area contributed by atoms with Crippen molar-refractivity contribution in [3.63, 3.8) is 0 Å². The van der Waals surface area contributed by atoms with Crippen molar-refractivity contribution in [1.29, 1.82) is 0 Å². The Bertz CT molecular complexity index is 569. The number of carbonyl (C=O) groups is 2. The zero-order valence-electron chi connectivity index (χ0n) is 14.5. The second-order valence-corrected chi connectivity index (χ2v) is 7.18. The minimum Gasteiger partial charge on any atom is -0.331 e. The predicted octanol–water partition coefficient (Wildman–Crippen LogP) is 1.44. The molecule has 0 radical (unpaired) electrons. The molecule has 2 rings (SSSR count). The van der Waals surface area contributed by atoms with E-state index in [4.69, 9.17) is 11.6 Å². The molecule has 24 heavy (non-hydrogen) atoms. The summed E-state index contributed by atoms with van der Waals surface area (Å²) in [5, 5.41) is 3.39. The predicted molar refractivity (Wildman–Crippen MR) is 96.3 cm³/mol. The summed E-state index contributed by atoms with van der Waals surface area (Å²) in [7, 11) is 0. The maximum Gasteiger partial charge on any atom is 0.279 e. The number of rotatable bonds is 6. The van der Waals surface area contributed by atoms with E-state index in [-0.39, 0.29) is 11.8 Å². The number of piperazine rings is 1. The third-order valence-corrected chi connectivity index (χ3v) is 4.65. The first-order valence-corrected chi connectivity index (χ1v) is 8.99. The summed E-state index contributed by atoms with van der Waals surface area (Å²) in [4.78, 5) is 27.4. The fourth-order valence-corrected chi connectivity index (χ4v) is 2.99. The molecule has 2 amide bonds. The average molecular weight is 353 g/mol. The van der Waals surface area contributed by atoms with Crippen molar-refractivity contribution >= 4 is 29.1 Å². The van der Waals surface area contributed by atoms with Crippen LogP contribution in [0.2, 0.25) is 5.02 Å². The van der Waals surface area contributed by atoms with Gasteiger partial charge in [0.15, 0.2) is 6.54 Å². The number of para-hydroxylation sites is 1. The third kappa shape index (κ3) is 5.80. The Morgan fingerprint density at radius 1 is 1.25 bits per heavy atom. The van der Waals surface area contributed by atoms with Crippen LogP contribution in [0.25, 0.3) is 0 Å². The van der Waals surface area contributed by atoms with Gasteiger partial charge in [-0.15, -0.1) is 0 Å². The van der Waals surface area contributed by atoms with E-state index in [1.807, 2.05) is 17.0 Å². The number of nitrogens with one attached hydrogen (secondary N) is 2. The Kier molecular flexibility index (Phi) is 7.06. The average Bonchev–Trinajstić information content (AvgIpc) is 2.55. The van der Waals surface area contributed by atoms with Crippen LogP contribution in [-0.4, -0.2) is 49.4 Å². The van der Waals surface area contributed by atoms with Gasteiger partial charge in [-0.1, -0.05) is 37.6 Å². The summed E-state index contributed by atoms with van der Waals surface area (Å²) in [6.07, 6.45) is 1.56. The van der Waals surface area contributed by atoms with E-state index in [2.05, 4.69) is 19.2 Å². The molecule has 0 saturated carbocycles. The van der Waals surface area contributed by atoms with Crippen molar-refractivity contribution in [2.45, 2.75) is 26.7 Å². The molecule has 132 valence electrons. The van der Waals surface area contributed by atoms with Gasteiger partial charge < -0.3 is 15.1 Å². The van der Waals surface area contributed by atoms with Gasteiger partial charge in [-0.2, -0.15) is 0 Å². The largest absolute Gasteiger partial charge is 0.331 e. The summed E-state index contributed by atoms with van der Waals surface area (Å²) >= 11 is 6.05. The van der Waals surface area contributed by atoms with Crippen LogP contribution in [0.4, 0.5) is 5.69 Å². The van der Waals surface area contributed by atoms with Crippen LogP contribution in [0, 0.1) is 5.92 Å². The molecule has 1 aromatic rings. The van der Waals surface area contributed by atoms with E-state index in [1.165, 1.54) is 4.90 Å². The Hall–Kier alpha value is -1.59. The van der Waals surface area contributed by atoms with Crippen molar-refractivity contribution in [2.75, 3.05) is 38.0 Å². The number of amides is 2. The molecule has 0 aromatic heterocycles. The Labute approximate surface area is 149 Å². The van der Waals surface area contributed by atoms with Crippen LogP contribution in [-0.2, 0) is 9.59 Å². The maximum absolute atomic E-state index is 12.2. The summed E-state index contributed by atoms with van der Waals surface area (Å²) in [6, 6.07) is 7.22. The first kappa shape index (κ1) is 18.7. The third-order valence-electron chi connectivity index (χ3n) is 4.32. The van der Waals surface area contributed by atoms with Crippen LogP contribution < -0.4 is 10.2 Å². The fourth-order valence-electron chi connectivity index (χ4n) is 2.80. The molecule has 0 aliphatic carbocycles. The summed E-state index contributed by atoms with van der Waals surface area (Å²) in [6.45, 7) is 7.74. The minimum atomic E-state index is -0.0438. The fraction of sp³-hybridized carbons (Fsp3) is 0.556. The number of nitrogens with zero attached hydrogens (tertiary/aromatic N) is 1. The number of carbonyl (C=O) groups excluding carboxylic acids is 2. The Balaban J connectivity index is 1.73. The molecule has 1 saturated heterocycles. The standard InChI is InChI=1S/C18H26ClN3O2/c1-14(2)7-8-18(24)22-11-9-21(10-12-22)13-17(23)20-16-6-4-3-5-15(16)19/h3-6,14H,7-13H2,1-2H3,(H,20,23)/p+1. The lowest BCUT2D eigenvalue weighted by Gasteiger charge is -2.32. The van der Waals surface area contributed by atoms with Crippen molar-refractivity contribution in [3.8, 4) is 0 Å². The van der Waals surface area contributed by atoms with Gasteiger partial charge in [0, 0.05) is 6.42 Å². The lowest BCUT2D eigenvalue weighted by Crippen LogP contribution is -3.15. The number of halogens is 1. The molecule has 0 atom stereocenters. The molecule has 1 aliphatic rings. The van der Waals surface area contributed by atoms with Crippen molar-refractivity contribution in [3.05, 3.63) is 29.3 Å². The lowest BCUT2D eigenvalue weighted by atomic mass is 10.1. The van der Waals surface area contributed by atoms with Crippen LogP contribution in [0.15, 0.2) is 24.3 Å². The highest BCUT2D eigenvalue weighted by Crippen LogP contribution is 2.19. The van der Waals surface area contributed by atoms with Crippen LogP contribution in [0.5, 0.6) is 0 Å². The highest BCUT2D eigenvalue weighted by Gasteiger charge is 2.25. The van der Waals surface area contributed by atoms with Crippen LogP contribution in [0.1, 0.15) is 26.7 Å². The van der Waals surface area contributed by atoms with E-state index in [1.54, 1.807) is 12.1 Å². The minimum absolute atomic E-state index is 0.0438. The number of quaternary nitrogens is 1. The molecule has 2 N–H and O–H groups in total. The second kappa shape index (κ2) is 9.04. The molecular weight excluding hydrogens is 326 g/mol. The Morgan fingerprint density at radius 3 is 2.54 bits per heavy atom. The smallest absolute Gasteiger partial charge is 0.279 e. The monoisotopic (exact) mass is 352 g/mol. The van der Waals surface area contributed by atoms with Gasteiger partial charge in [-0.05, 0) is 24.5 Å². The molecule has 1 aliphatic heterocycles. The molecule has 0 bridgehead atoms. The zero-order chi connectivity index (χ0) is 17.5. The maximum atomic E-state index is 12.2. The van der Waals surface area contributed by atoms with Gasteiger partial charge in [0.1, 0.15) is 0 Å². The summed E-state index contributed by atoms with van der Waals surface area (Å²) in [5.41, 5.74) is 0.645. The van der Waals surface area contributed by atoms with Gasteiger partial charge in [0.25, 0.3) is 5.91 Å². The summed E-state index contributed by atoms with van der Waals surface area (Å²) < 4.78 is 0. The Morgan fingerprint density at radius 2 is 1.92 bits per heavy atom. The second-order valence-electron chi connectivity index (χ2n) is 6.77. The van der Waals surface area contributed by atoms with Gasteiger partial charge in [-0.25, -0.2) is 0 Å². The number of anilines is 1. The molecule has 1 heterocycles. The molecule has 1 fully saturated rings. The van der Waals surface area contributed by atoms with E-state index in [9.17, 15) is 9.59 Å². The summed E-state index contributed by atoms with van der Waals surface area (Å²) in [5.74, 6) is 0.746. The van der Waals surface area contributed by atoms with Crippen LogP contribution in [0.3, 0.4) is 0 Å². The van der Waals surface area contributed by atoms with Crippen molar-refractivity contribution < 1.29 is 14.5 Å². The van der Waals surface area contributed by atoms with Gasteiger partial charge >= 0.3 is 0 Å². The topological polar surface area (TPSA) is 53.9 Å². The van der Waals surface area contributed by atoms with E-state index in [0.29, 0.717) is 29.6 Å². The lowest BCUT2D eigenvalue weighted by molar-refractivity contribution is -0.895. The number of hydrogen-bond donors (Lipinski definition) is 2. The molecular formula is C18H27ClN3O2+. The molecule has 0 unspecified atom stereocenters. The first-order valence-electron chi connectivity index (χ1n) is 8.61. The van der Waals surface area contributed by atoms with Crippen molar-refractivity contribution in [2.24, 2.45) is 5.92 Å². The normalized spacial score (nSPS) is 15.6. The molecule has 6 heteroatoms. The van der Waals surface area contributed by atoms with Crippen LogP contribution >= 0.6 is 11.6 Å². The van der Waals surface area contributed by atoms with E-state index >= 15 is 0 Å². The highest BCUT2D eigenvalue weighted by atomic mass is 35.5.